The largest absolute Gasteiger partial charge is 0.399 e. The maximum Gasteiger partial charge on any atom is 0.0343 e. The summed E-state index contributed by atoms with van der Waals surface area (Å²) in [7, 11) is 0. The summed E-state index contributed by atoms with van der Waals surface area (Å²) in [5.41, 5.74) is 9.06. The minimum Gasteiger partial charge on any atom is -0.399 e. The van der Waals surface area contributed by atoms with Gasteiger partial charge in [0.25, 0.3) is 0 Å². The normalized spacial score (nSPS) is 13.7. The van der Waals surface area contributed by atoms with Gasteiger partial charge in [0.2, 0.25) is 0 Å². The van der Waals surface area contributed by atoms with Crippen molar-refractivity contribution in [3.05, 3.63) is 60.2 Å². The highest BCUT2D eigenvalue weighted by molar-refractivity contribution is 5.51. The standard InChI is InChI=1S/C18H24N2/c1-14(13-16-6-4-3-5-7-16)12-15(2)20-18-10-8-17(19)9-11-18/h3-11,14-15,20H,12-13,19H2,1-2H3. The predicted octanol–water partition coefficient (Wildman–Crippen LogP) is 4.34. The van der Waals surface area contributed by atoms with Gasteiger partial charge in [-0.1, -0.05) is 37.3 Å². The van der Waals surface area contributed by atoms with E-state index in [4.69, 9.17) is 5.73 Å². The lowest BCUT2D eigenvalue weighted by molar-refractivity contribution is 0.495. The molecule has 0 aliphatic carbocycles. The third kappa shape index (κ3) is 4.61. The van der Waals surface area contributed by atoms with E-state index in [1.807, 2.05) is 24.3 Å². The first-order valence-corrected chi connectivity index (χ1v) is 7.29. The Morgan fingerprint density at radius 2 is 1.60 bits per heavy atom. The highest BCUT2D eigenvalue weighted by atomic mass is 14.9. The molecular formula is C18H24N2. The van der Waals surface area contributed by atoms with Gasteiger partial charge < -0.3 is 11.1 Å². The number of rotatable bonds is 6. The highest BCUT2D eigenvalue weighted by Gasteiger charge is 2.09. The Morgan fingerprint density at radius 3 is 2.25 bits per heavy atom. The van der Waals surface area contributed by atoms with Crippen LogP contribution in [0.3, 0.4) is 0 Å². The molecule has 2 rings (SSSR count). The number of nitrogens with one attached hydrogen (secondary N) is 1. The zero-order chi connectivity index (χ0) is 14.4. The van der Waals surface area contributed by atoms with Gasteiger partial charge in [-0.25, -0.2) is 0 Å². The second-order valence-corrected chi connectivity index (χ2v) is 5.70. The minimum atomic E-state index is 0.456. The van der Waals surface area contributed by atoms with Gasteiger partial charge in [-0.15, -0.1) is 0 Å². The molecule has 2 aromatic carbocycles. The Morgan fingerprint density at radius 1 is 0.950 bits per heavy atom. The van der Waals surface area contributed by atoms with Crippen molar-refractivity contribution in [3.63, 3.8) is 0 Å². The third-order valence-corrected chi connectivity index (χ3v) is 3.51. The van der Waals surface area contributed by atoms with Gasteiger partial charge in [0.1, 0.15) is 0 Å². The molecule has 0 bridgehead atoms. The molecule has 0 heterocycles. The molecule has 2 nitrogen and oxygen atoms in total. The smallest absolute Gasteiger partial charge is 0.0343 e. The molecule has 2 unspecified atom stereocenters. The van der Waals surface area contributed by atoms with Crippen molar-refractivity contribution in [2.75, 3.05) is 11.1 Å². The van der Waals surface area contributed by atoms with E-state index in [2.05, 4.69) is 49.5 Å². The lowest BCUT2D eigenvalue weighted by atomic mass is 9.95. The Hall–Kier alpha value is -1.96. The van der Waals surface area contributed by atoms with E-state index in [1.54, 1.807) is 0 Å². The number of hydrogen-bond acceptors (Lipinski definition) is 2. The SMILES string of the molecule is CC(Cc1ccccc1)CC(C)Nc1ccc(N)cc1. The predicted molar refractivity (Wildman–Crippen MR) is 87.9 cm³/mol. The van der Waals surface area contributed by atoms with E-state index >= 15 is 0 Å². The van der Waals surface area contributed by atoms with Crippen molar-refractivity contribution in [2.24, 2.45) is 5.92 Å². The van der Waals surface area contributed by atoms with Gasteiger partial charge in [-0.3, -0.25) is 0 Å². The van der Waals surface area contributed by atoms with Gasteiger partial charge in [0, 0.05) is 17.4 Å². The van der Waals surface area contributed by atoms with Gasteiger partial charge in [0.05, 0.1) is 0 Å². The van der Waals surface area contributed by atoms with Crippen LogP contribution in [0.4, 0.5) is 11.4 Å². The zero-order valence-corrected chi connectivity index (χ0v) is 12.3. The van der Waals surface area contributed by atoms with Crippen LogP contribution in [0.25, 0.3) is 0 Å². The number of nitrogens with two attached hydrogens (primary N) is 1. The second-order valence-electron chi connectivity index (χ2n) is 5.70. The van der Waals surface area contributed by atoms with Gasteiger partial charge in [-0.2, -0.15) is 0 Å². The van der Waals surface area contributed by atoms with Gasteiger partial charge in [0.15, 0.2) is 0 Å². The Kier molecular flexibility index (Phi) is 5.05. The lowest BCUT2D eigenvalue weighted by Crippen LogP contribution is -2.19. The summed E-state index contributed by atoms with van der Waals surface area (Å²) in [5, 5.41) is 3.53. The van der Waals surface area contributed by atoms with Crippen LogP contribution in [-0.4, -0.2) is 6.04 Å². The van der Waals surface area contributed by atoms with E-state index < -0.39 is 0 Å². The molecule has 0 saturated carbocycles. The molecule has 2 heteroatoms. The topological polar surface area (TPSA) is 38.0 Å². The number of benzene rings is 2. The van der Waals surface area contributed by atoms with E-state index in [-0.39, 0.29) is 0 Å². The average molecular weight is 268 g/mol. The molecule has 0 saturated heterocycles. The fourth-order valence-electron chi connectivity index (χ4n) is 2.63. The second kappa shape index (κ2) is 6.99. The maximum atomic E-state index is 5.70. The van der Waals surface area contributed by atoms with E-state index in [0.29, 0.717) is 12.0 Å². The van der Waals surface area contributed by atoms with Crippen molar-refractivity contribution < 1.29 is 0 Å². The summed E-state index contributed by atoms with van der Waals surface area (Å²) in [5.74, 6) is 0.661. The third-order valence-electron chi connectivity index (χ3n) is 3.51. The summed E-state index contributed by atoms with van der Waals surface area (Å²) in [6.07, 6.45) is 2.29. The van der Waals surface area contributed by atoms with Crippen molar-refractivity contribution in [1.82, 2.24) is 0 Å². The zero-order valence-electron chi connectivity index (χ0n) is 12.3. The monoisotopic (exact) mass is 268 g/mol. The molecule has 20 heavy (non-hydrogen) atoms. The number of anilines is 2. The molecule has 0 aliphatic heterocycles. The quantitative estimate of drug-likeness (QED) is 0.765. The van der Waals surface area contributed by atoms with Crippen molar-refractivity contribution in [2.45, 2.75) is 32.7 Å². The van der Waals surface area contributed by atoms with Crippen LogP contribution in [0.1, 0.15) is 25.8 Å². The first-order valence-electron chi connectivity index (χ1n) is 7.29. The summed E-state index contributed by atoms with van der Waals surface area (Å²) in [4.78, 5) is 0. The van der Waals surface area contributed by atoms with Crippen molar-refractivity contribution >= 4 is 11.4 Å². The van der Waals surface area contributed by atoms with Crippen LogP contribution in [0.2, 0.25) is 0 Å². The molecule has 0 radical (unpaired) electrons. The Labute approximate surface area is 122 Å². The molecule has 0 aliphatic rings. The van der Waals surface area contributed by atoms with Crippen LogP contribution in [0.15, 0.2) is 54.6 Å². The lowest BCUT2D eigenvalue weighted by Gasteiger charge is -2.20. The molecule has 0 fully saturated rings. The van der Waals surface area contributed by atoms with E-state index in [9.17, 15) is 0 Å². The molecule has 2 atom stereocenters. The minimum absolute atomic E-state index is 0.456. The molecule has 2 aromatic rings. The van der Waals surface area contributed by atoms with Crippen LogP contribution >= 0.6 is 0 Å². The molecular weight excluding hydrogens is 244 g/mol. The molecule has 106 valence electrons. The highest BCUT2D eigenvalue weighted by Crippen LogP contribution is 2.17. The first kappa shape index (κ1) is 14.4. The van der Waals surface area contributed by atoms with Crippen LogP contribution in [0.5, 0.6) is 0 Å². The summed E-state index contributed by atoms with van der Waals surface area (Å²) in [6.45, 7) is 4.55. The van der Waals surface area contributed by atoms with E-state index in [0.717, 1.165) is 24.2 Å². The number of hydrogen-bond donors (Lipinski definition) is 2. The van der Waals surface area contributed by atoms with Crippen molar-refractivity contribution in [3.8, 4) is 0 Å². The molecule has 3 N–H and O–H groups in total. The van der Waals surface area contributed by atoms with Gasteiger partial charge >= 0.3 is 0 Å². The molecule has 0 aromatic heterocycles. The molecule has 0 amide bonds. The van der Waals surface area contributed by atoms with Crippen LogP contribution in [0, 0.1) is 5.92 Å². The van der Waals surface area contributed by atoms with Crippen LogP contribution in [-0.2, 0) is 6.42 Å². The van der Waals surface area contributed by atoms with E-state index in [1.165, 1.54) is 5.56 Å². The first-order chi connectivity index (χ1) is 9.63. The fourth-order valence-corrected chi connectivity index (χ4v) is 2.63. The Bertz CT molecular complexity index is 505. The maximum absolute atomic E-state index is 5.70. The van der Waals surface area contributed by atoms with Gasteiger partial charge in [-0.05, 0) is 55.5 Å². The molecule has 0 spiro atoms. The summed E-state index contributed by atoms with van der Waals surface area (Å²) >= 11 is 0. The van der Waals surface area contributed by atoms with Crippen LogP contribution < -0.4 is 11.1 Å². The fraction of sp³-hybridized carbons (Fsp3) is 0.333. The number of nitrogen functional groups attached to an aromatic ring is 1. The van der Waals surface area contributed by atoms with Crippen molar-refractivity contribution in [1.29, 1.82) is 0 Å². The Balaban J connectivity index is 1.81. The average Bonchev–Trinajstić information content (AvgIpc) is 2.42. The summed E-state index contributed by atoms with van der Waals surface area (Å²) < 4.78 is 0. The summed E-state index contributed by atoms with van der Waals surface area (Å²) in [6, 6.07) is 19.1.